The lowest BCUT2D eigenvalue weighted by molar-refractivity contribution is 0.829. The number of H-pyrrole nitrogens is 3. The van der Waals surface area contributed by atoms with Gasteiger partial charge < -0.3 is 13.7 Å². The minimum absolute atomic E-state index is 0.399. The van der Waals surface area contributed by atoms with Crippen LogP contribution in [0, 0.1) is 0 Å². The highest BCUT2D eigenvalue weighted by Crippen LogP contribution is 2.02. The van der Waals surface area contributed by atoms with Gasteiger partial charge >= 0.3 is 17.1 Å². The maximum atomic E-state index is 11.3. The van der Waals surface area contributed by atoms with Crippen LogP contribution < -0.4 is 33.7 Å². The summed E-state index contributed by atoms with van der Waals surface area (Å²) in [6, 6.07) is 0. The summed E-state index contributed by atoms with van der Waals surface area (Å²) in [5, 5.41) is 0. The third-order valence-electron chi connectivity index (χ3n) is 5.93. The third kappa shape index (κ3) is 4.54. The highest BCUT2D eigenvalue weighted by molar-refractivity contribution is 5.70. The Morgan fingerprint density at radius 3 is 0.923 bits per heavy atom. The van der Waals surface area contributed by atoms with Gasteiger partial charge in [0.1, 0.15) is 0 Å². The van der Waals surface area contributed by atoms with Crippen molar-refractivity contribution in [3.8, 4) is 0 Å². The number of aromatic nitrogens is 12. The first kappa shape index (κ1) is 26.5. The molecule has 0 aliphatic heterocycles. The SMILES string of the molecule is Cn1cnc2c1c(=O)[nH]c(=O)n2C.Cn1cnc2c1c(=O)[nH]c(=O)n2C.Cn1cnc2c1c(=O)[nH]c(=O)n2C. The number of nitrogens with one attached hydrogen (secondary N) is 3. The van der Waals surface area contributed by atoms with Crippen LogP contribution in [-0.4, -0.2) is 57.3 Å². The topological polar surface area (TPSA) is 218 Å². The Balaban J connectivity index is 0.000000136. The molecule has 6 aromatic rings. The second kappa shape index (κ2) is 9.72. The Labute approximate surface area is 215 Å². The Morgan fingerprint density at radius 2 is 0.692 bits per heavy atom. The molecule has 0 fully saturated rings. The van der Waals surface area contributed by atoms with E-state index >= 15 is 0 Å². The van der Waals surface area contributed by atoms with Gasteiger partial charge in [-0.3, -0.25) is 43.0 Å². The van der Waals surface area contributed by atoms with Crippen molar-refractivity contribution in [1.82, 2.24) is 57.3 Å². The van der Waals surface area contributed by atoms with Crippen molar-refractivity contribution in [2.45, 2.75) is 0 Å². The normalized spacial score (nSPS) is 10.9. The van der Waals surface area contributed by atoms with E-state index in [2.05, 4.69) is 29.9 Å². The smallest absolute Gasteiger partial charge is 0.328 e. The van der Waals surface area contributed by atoms with Crippen molar-refractivity contribution in [2.24, 2.45) is 42.3 Å². The summed E-state index contributed by atoms with van der Waals surface area (Å²) in [6.45, 7) is 0. The van der Waals surface area contributed by atoms with Gasteiger partial charge in [0.2, 0.25) is 0 Å². The van der Waals surface area contributed by atoms with Crippen molar-refractivity contribution in [3.05, 3.63) is 81.5 Å². The molecule has 0 bridgehead atoms. The van der Waals surface area contributed by atoms with Gasteiger partial charge in [-0.05, 0) is 0 Å². The summed E-state index contributed by atoms with van der Waals surface area (Å²) in [7, 11) is 9.80. The first-order valence-electron chi connectivity index (χ1n) is 11.1. The summed E-state index contributed by atoms with van der Waals surface area (Å²) in [5.74, 6) is 0. The molecule has 6 rings (SSSR count). The second-order valence-electron chi connectivity index (χ2n) is 8.54. The maximum Gasteiger partial charge on any atom is 0.329 e. The van der Waals surface area contributed by atoms with Gasteiger partial charge in [0.25, 0.3) is 16.7 Å². The molecule has 39 heavy (non-hydrogen) atoms. The lowest BCUT2D eigenvalue weighted by Gasteiger charge is -1.97. The summed E-state index contributed by atoms with van der Waals surface area (Å²) >= 11 is 0. The lowest BCUT2D eigenvalue weighted by atomic mass is 10.5. The monoisotopic (exact) mass is 540 g/mol. The lowest BCUT2D eigenvalue weighted by Crippen LogP contribution is -2.28. The average molecular weight is 541 g/mol. The number of aromatic amines is 3. The number of aryl methyl sites for hydroxylation is 6. The molecule has 204 valence electrons. The molecule has 0 aliphatic carbocycles. The van der Waals surface area contributed by atoms with Crippen LogP contribution in [0.4, 0.5) is 0 Å². The summed E-state index contributed by atoms with van der Waals surface area (Å²) in [6.07, 6.45) is 4.50. The van der Waals surface area contributed by atoms with Crippen LogP contribution in [0.3, 0.4) is 0 Å². The summed E-state index contributed by atoms with van der Waals surface area (Å²) in [4.78, 5) is 85.7. The Kier molecular flexibility index (Phi) is 6.61. The van der Waals surface area contributed by atoms with E-state index in [4.69, 9.17) is 0 Å². The molecule has 18 nitrogen and oxygen atoms in total. The number of fused-ring (bicyclic) bond motifs is 3. The number of imidazole rings is 3. The molecule has 0 atom stereocenters. The van der Waals surface area contributed by atoms with E-state index in [-0.39, 0.29) is 0 Å². The molecular weight excluding hydrogens is 516 g/mol. The van der Waals surface area contributed by atoms with Crippen molar-refractivity contribution >= 4 is 33.5 Å². The molecule has 3 N–H and O–H groups in total. The van der Waals surface area contributed by atoms with Crippen LogP contribution in [0.15, 0.2) is 47.7 Å². The molecule has 0 radical (unpaired) electrons. The summed E-state index contributed by atoms with van der Waals surface area (Å²) in [5.41, 5.74) is -0.145. The van der Waals surface area contributed by atoms with Gasteiger partial charge in [-0.15, -0.1) is 0 Å². The third-order valence-corrected chi connectivity index (χ3v) is 5.93. The van der Waals surface area contributed by atoms with Gasteiger partial charge in [-0.25, -0.2) is 29.3 Å². The van der Waals surface area contributed by atoms with Crippen LogP contribution >= 0.6 is 0 Å². The zero-order valence-corrected chi connectivity index (χ0v) is 21.7. The van der Waals surface area contributed by atoms with Crippen molar-refractivity contribution in [1.29, 1.82) is 0 Å². The molecule has 18 heteroatoms. The molecular formula is C21H24N12O6. The van der Waals surface area contributed by atoms with Crippen molar-refractivity contribution in [3.63, 3.8) is 0 Å². The minimum Gasteiger partial charge on any atom is -0.328 e. The zero-order chi connectivity index (χ0) is 28.8. The van der Waals surface area contributed by atoms with Gasteiger partial charge in [0.05, 0.1) is 19.0 Å². The minimum atomic E-state index is -0.448. The fourth-order valence-corrected chi connectivity index (χ4v) is 3.78. The molecule has 6 heterocycles. The standard InChI is InChI=1S/3C7H8N4O2/c3*1-10-3-8-5-4(10)6(12)9-7(13)11(5)2/h3*3H,1-2H3,(H,9,12,13). The Morgan fingerprint density at radius 1 is 0.462 bits per heavy atom. The van der Waals surface area contributed by atoms with Crippen LogP contribution in [-0.2, 0) is 42.3 Å². The molecule has 0 aliphatic rings. The molecule has 0 aromatic carbocycles. The van der Waals surface area contributed by atoms with Gasteiger partial charge in [-0.1, -0.05) is 0 Å². The number of hydrogen-bond donors (Lipinski definition) is 3. The van der Waals surface area contributed by atoms with E-state index in [1.54, 1.807) is 56.0 Å². The molecule has 0 saturated heterocycles. The van der Waals surface area contributed by atoms with Gasteiger partial charge in [0, 0.05) is 42.3 Å². The van der Waals surface area contributed by atoms with E-state index in [1.807, 2.05) is 0 Å². The van der Waals surface area contributed by atoms with Gasteiger partial charge in [0.15, 0.2) is 33.5 Å². The van der Waals surface area contributed by atoms with E-state index in [0.717, 1.165) is 0 Å². The van der Waals surface area contributed by atoms with Crippen LogP contribution in [0.1, 0.15) is 0 Å². The van der Waals surface area contributed by atoms with Gasteiger partial charge in [-0.2, -0.15) is 0 Å². The van der Waals surface area contributed by atoms with E-state index in [0.29, 0.717) is 33.5 Å². The van der Waals surface area contributed by atoms with E-state index < -0.39 is 33.7 Å². The van der Waals surface area contributed by atoms with Crippen LogP contribution in [0.2, 0.25) is 0 Å². The van der Waals surface area contributed by atoms with E-state index in [9.17, 15) is 28.8 Å². The Bertz CT molecular complexity index is 1970. The first-order valence-corrected chi connectivity index (χ1v) is 11.1. The fourth-order valence-electron chi connectivity index (χ4n) is 3.78. The van der Waals surface area contributed by atoms with Crippen molar-refractivity contribution < 1.29 is 0 Å². The molecule has 0 amide bonds. The largest absolute Gasteiger partial charge is 0.329 e. The number of hydrogen-bond acceptors (Lipinski definition) is 9. The quantitative estimate of drug-likeness (QED) is 0.177. The first-order chi connectivity index (χ1) is 18.3. The molecule has 0 spiro atoms. The highest BCUT2D eigenvalue weighted by atomic mass is 16.2. The Hall–Kier alpha value is -5.55. The molecule has 0 unspecified atom stereocenters. The zero-order valence-electron chi connectivity index (χ0n) is 21.7. The fraction of sp³-hybridized carbons (Fsp3) is 0.286. The maximum absolute atomic E-state index is 11.3. The van der Waals surface area contributed by atoms with Crippen molar-refractivity contribution in [2.75, 3.05) is 0 Å². The van der Waals surface area contributed by atoms with E-state index in [1.165, 1.54) is 32.7 Å². The average Bonchev–Trinajstić information content (AvgIpc) is 3.58. The second-order valence-corrected chi connectivity index (χ2v) is 8.54. The highest BCUT2D eigenvalue weighted by Gasteiger charge is 2.10. The predicted molar refractivity (Wildman–Crippen MR) is 140 cm³/mol. The number of rotatable bonds is 0. The van der Waals surface area contributed by atoms with Crippen LogP contribution in [0.25, 0.3) is 33.5 Å². The summed E-state index contributed by atoms with van der Waals surface area (Å²) < 4.78 is 8.64. The molecule has 0 saturated carbocycles. The predicted octanol–water partition coefficient (Wildman–Crippen LogP) is -3.12. The number of nitrogens with zero attached hydrogens (tertiary/aromatic N) is 9. The van der Waals surface area contributed by atoms with Crippen LogP contribution in [0.5, 0.6) is 0 Å². The molecule has 6 aromatic heterocycles.